The number of anilines is 1. The number of benzene rings is 2. The Bertz CT molecular complexity index is 828. The first-order valence-corrected chi connectivity index (χ1v) is 10.3. The molecule has 0 aliphatic carbocycles. The van der Waals surface area contributed by atoms with E-state index in [0.29, 0.717) is 23.5 Å². The topological polar surface area (TPSA) is 53.6 Å². The third kappa shape index (κ3) is 4.70. The van der Waals surface area contributed by atoms with Crippen molar-refractivity contribution in [1.29, 1.82) is 0 Å². The van der Waals surface area contributed by atoms with Gasteiger partial charge in [0.2, 0.25) is 0 Å². The predicted molar refractivity (Wildman–Crippen MR) is 112 cm³/mol. The van der Waals surface area contributed by atoms with Gasteiger partial charge in [0.1, 0.15) is 11.6 Å². The van der Waals surface area contributed by atoms with Crippen molar-refractivity contribution in [3.05, 3.63) is 59.9 Å². The maximum Gasteiger partial charge on any atom is 0.319 e. The van der Waals surface area contributed by atoms with E-state index in [-0.39, 0.29) is 17.9 Å². The third-order valence-corrected chi connectivity index (χ3v) is 6.09. The summed E-state index contributed by atoms with van der Waals surface area (Å²) in [7, 11) is 1.59. The molecule has 0 aromatic heterocycles. The Morgan fingerprint density at radius 2 is 1.79 bits per heavy atom. The van der Waals surface area contributed by atoms with Crippen LogP contribution in [0.15, 0.2) is 48.5 Å². The summed E-state index contributed by atoms with van der Waals surface area (Å²) < 4.78 is 18.5. The first-order valence-electron chi connectivity index (χ1n) is 10.3. The second kappa shape index (κ2) is 8.82. The normalized spacial score (nSPS) is 24.0. The van der Waals surface area contributed by atoms with Gasteiger partial charge in [0.25, 0.3) is 0 Å². The van der Waals surface area contributed by atoms with Crippen molar-refractivity contribution in [3.8, 4) is 5.75 Å². The lowest BCUT2D eigenvalue weighted by Crippen LogP contribution is -2.56. The van der Waals surface area contributed by atoms with E-state index in [1.165, 1.54) is 18.6 Å². The quantitative estimate of drug-likeness (QED) is 0.779. The zero-order chi connectivity index (χ0) is 20.2. The van der Waals surface area contributed by atoms with Crippen LogP contribution in [-0.2, 0) is 6.54 Å². The molecule has 2 aromatic rings. The van der Waals surface area contributed by atoms with Crippen LogP contribution in [0.5, 0.6) is 5.75 Å². The fraction of sp³-hybridized carbons (Fsp3) is 0.435. The Morgan fingerprint density at radius 1 is 1.10 bits per heavy atom. The second-order valence-electron chi connectivity index (χ2n) is 8.00. The van der Waals surface area contributed by atoms with Crippen molar-refractivity contribution >= 4 is 11.7 Å². The van der Waals surface area contributed by atoms with E-state index < -0.39 is 0 Å². The molecule has 2 N–H and O–H groups in total. The largest absolute Gasteiger partial charge is 0.495 e. The van der Waals surface area contributed by atoms with Gasteiger partial charge in [-0.2, -0.15) is 0 Å². The molecule has 2 unspecified atom stereocenters. The summed E-state index contributed by atoms with van der Waals surface area (Å²) in [6, 6.07) is 15.1. The molecule has 2 atom stereocenters. The molecular weight excluding hydrogens is 369 g/mol. The molecule has 0 radical (unpaired) electrons. The number of ether oxygens (including phenoxy) is 1. The number of rotatable bonds is 5. The van der Waals surface area contributed by atoms with Gasteiger partial charge < -0.3 is 15.4 Å². The highest BCUT2D eigenvalue weighted by atomic mass is 19.1. The molecule has 0 saturated carbocycles. The minimum atomic E-state index is -0.196. The predicted octanol–water partition coefficient (Wildman–Crippen LogP) is 4.54. The highest BCUT2D eigenvalue weighted by Crippen LogP contribution is 2.35. The van der Waals surface area contributed by atoms with Crippen LogP contribution >= 0.6 is 0 Å². The zero-order valence-corrected chi connectivity index (χ0v) is 16.7. The maximum absolute atomic E-state index is 13.2. The van der Waals surface area contributed by atoms with E-state index in [4.69, 9.17) is 4.74 Å². The van der Waals surface area contributed by atoms with Crippen molar-refractivity contribution in [2.75, 3.05) is 12.4 Å². The average molecular weight is 397 g/mol. The maximum atomic E-state index is 13.2. The highest BCUT2D eigenvalue weighted by molar-refractivity contribution is 5.91. The van der Waals surface area contributed by atoms with Gasteiger partial charge in [0, 0.05) is 24.7 Å². The Hall–Kier alpha value is -2.60. The highest BCUT2D eigenvalue weighted by Gasteiger charge is 2.38. The van der Waals surface area contributed by atoms with Gasteiger partial charge >= 0.3 is 6.03 Å². The Morgan fingerprint density at radius 3 is 2.48 bits per heavy atom. The molecule has 4 rings (SSSR count). The van der Waals surface area contributed by atoms with E-state index in [0.717, 1.165) is 37.8 Å². The smallest absolute Gasteiger partial charge is 0.319 e. The number of methoxy groups -OCH3 is 1. The van der Waals surface area contributed by atoms with E-state index in [1.807, 2.05) is 36.4 Å². The lowest BCUT2D eigenvalue weighted by atomic mass is 9.81. The van der Waals surface area contributed by atoms with Gasteiger partial charge in [-0.15, -0.1) is 0 Å². The molecule has 2 bridgehead atoms. The Kier molecular flexibility index (Phi) is 6.00. The number of fused-ring (bicyclic) bond motifs is 2. The van der Waals surface area contributed by atoms with Crippen LogP contribution in [0.4, 0.5) is 14.9 Å². The first kappa shape index (κ1) is 19.7. The molecule has 2 amide bonds. The number of hydrogen-bond donors (Lipinski definition) is 2. The number of piperidine rings is 2. The lowest BCUT2D eigenvalue weighted by Gasteiger charge is -2.49. The van der Waals surface area contributed by atoms with Gasteiger partial charge in [-0.05, 0) is 55.5 Å². The molecule has 2 heterocycles. The van der Waals surface area contributed by atoms with Gasteiger partial charge in [-0.1, -0.05) is 30.7 Å². The number of carbonyl (C=O) groups excluding carboxylic acids is 1. The summed E-state index contributed by atoms with van der Waals surface area (Å²) in [5.74, 6) is 0.451. The molecular formula is C23H28FN3O2. The van der Waals surface area contributed by atoms with Crippen LogP contribution in [-0.4, -0.2) is 36.2 Å². The van der Waals surface area contributed by atoms with E-state index in [2.05, 4.69) is 15.5 Å². The SMILES string of the molecule is COc1ccccc1NC(=O)NC1CC2CCCC(C1)N2Cc1ccc(F)cc1. The van der Waals surface area contributed by atoms with Gasteiger partial charge in [-0.25, -0.2) is 9.18 Å². The first-order chi connectivity index (χ1) is 14.1. The van der Waals surface area contributed by atoms with Gasteiger partial charge in [0.05, 0.1) is 12.8 Å². The second-order valence-corrected chi connectivity index (χ2v) is 8.00. The fourth-order valence-corrected chi connectivity index (χ4v) is 4.75. The number of halogens is 1. The van der Waals surface area contributed by atoms with Crippen molar-refractivity contribution in [3.63, 3.8) is 0 Å². The zero-order valence-electron chi connectivity index (χ0n) is 16.7. The van der Waals surface area contributed by atoms with Crippen LogP contribution in [0.1, 0.15) is 37.7 Å². The van der Waals surface area contributed by atoms with Crippen LogP contribution in [0.3, 0.4) is 0 Å². The molecule has 2 aliphatic rings. The summed E-state index contributed by atoms with van der Waals surface area (Å²) >= 11 is 0. The van der Waals surface area contributed by atoms with Crippen LogP contribution in [0, 0.1) is 5.82 Å². The van der Waals surface area contributed by atoms with E-state index in [1.54, 1.807) is 7.11 Å². The van der Waals surface area contributed by atoms with Crippen molar-refractivity contribution in [2.24, 2.45) is 0 Å². The average Bonchev–Trinajstić information content (AvgIpc) is 2.70. The number of para-hydroxylation sites is 2. The van der Waals surface area contributed by atoms with Crippen molar-refractivity contribution in [2.45, 2.75) is 56.8 Å². The summed E-state index contributed by atoms with van der Waals surface area (Å²) in [5.41, 5.74) is 1.81. The summed E-state index contributed by atoms with van der Waals surface area (Å²) in [6.07, 6.45) is 5.40. The number of urea groups is 1. The molecule has 2 aromatic carbocycles. The third-order valence-electron chi connectivity index (χ3n) is 6.09. The minimum absolute atomic E-state index is 0.157. The number of amides is 2. The molecule has 29 heavy (non-hydrogen) atoms. The fourth-order valence-electron chi connectivity index (χ4n) is 4.75. The lowest BCUT2D eigenvalue weighted by molar-refractivity contribution is 0.0200. The molecule has 5 nitrogen and oxygen atoms in total. The number of hydrogen-bond acceptors (Lipinski definition) is 3. The minimum Gasteiger partial charge on any atom is -0.495 e. The van der Waals surface area contributed by atoms with Crippen LogP contribution in [0.2, 0.25) is 0 Å². The van der Waals surface area contributed by atoms with E-state index in [9.17, 15) is 9.18 Å². The van der Waals surface area contributed by atoms with Gasteiger partial charge in [-0.3, -0.25) is 4.90 Å². The van der Waals surface area contributed by atoms with Gasteiger partial charge in [0.15, 0.2) is 0 Å². The monoisotopic (exact) mass is 397 g/mol. The summed E-state index contributed by atoms with van der Waals surface area (Å²) in [5, 5.41) is 6.06. The molecule has 0 spiro atoms. The van der Waals surface area contributed by atoms with Crippen LogP contribution < -0.4 is 15.4 Å². The Labute approximate surface area is 171 Å². The molecule has 6 heteroatoms. The van der Waals surface area contributed by atoms with E-state index >= 15 is 0 Å². The van der Waals surface area contributed by atoms with Crippen molar-refractivity contribution in [1.82, 2.24) is 10.2 Å². The van der Waals surface area contributed by atoms with Crippen LogP contribution in [0.25, 0.3) is 0 Å². The number of carbonyl (C=O) groups is 1. The standard InChI is InChI=1S/C23H28FN3O2/c1-29-22-8-3-2-7-21(22)26-23(28)25-18-13-19-5-4-6-20(14-18)27(19)15-16-9-11-17(24)12-10-16/h2-3,7-12,18-20H,4-6,13-15H2,1H3,(H2,25,26,28). The molecule has 2 saturated heterocycles. The Balaban J connectivity index is 1.36. The van der Waals surface area contributed by atoms with Crippen molar-refractivity contribution < 1.29 is 13.9 Å². The summed E-state index contributed by atoms with van der Waals surface area (Å²) in [4.78, 5) is 15.1. The molecule has 2 aliphatic heterocycles. The molecule has 2 fully saturated rings. The number of nitrogens with zero attached hydrogens (tertiary/aromatic N) is 1. The molecule has 154 valence electrons. The number of nitrogens with one attached hydrogen (secondary N) is 2. The summed E-state index contributed by atoms with van der Waals surface area (Å²) in [6.45, 7) is 0.843.